The summed E-state index contributed by atoms with van der Waals surface area (Å²) in [4.78, 5) is 0. The first-order chi connectivity index (χ1) is 6.36. The van der Waals surface area contributed by atoms with E-state index in [9.17, 15) is 0 Å². The standard InChI is InChI=1S/C10H21NOS/c1-11-9-4-5-10(8-9)13-7-3-6-12-2/h9-11H,3-8H2,1-2H3. The lowest BCUT2D eigenvalue weighted by molar-refractivity contribution is 0.200. The van der Waals surface area contributed by atoms with Gasteiger partial charge in [-0.15, -0.1) is 0 Å². The van der Waals surface area contributed by atoms with Gasteiger partial charge in [0, 0.05) is 25.0 Å². The molecular formula is C10H21NOS. The van der Waals surface area contributed by atoms with Crippen molar-refractivity contribution in [2.45, 2.75) is 37.0 Å². The molecule has 0 heterocycles. The summed E-state index contributed by atoms with van der Waals surface area (Å²) in [5, 5.41) is 4.25. The fourth-order valence-electron chi connectivity index (χ4n) is 1.81. The second-order valence-corrected chi connectivity index (χ2v) is 5.05. The minimum atomic E-state index is 0.778. The van der Waals surface area contributed by atoms with Gasteiger partial charge in [0.15, 0.2) is 0 Å². The van der Waals surface area contributed by atoms with Crippen LogP contribution in [0.4, 0.5) is 0 Å². The van der Waals surface area contributed by atoms with Crippen molar-refractivity contribution in [3.63, 3.8) is 0 Å². The fraction of sp³-hybridized carbons (Fsp3) is 1.00. The average molecular weight is 203 g/mol. The maximum Gasteiger partial charge on any atom is 0.0470 e. The van der Waals surface area contributed by atoms with Crippen molar-refractivity contribution in [3.05, 3.63) is 0 Å². The molecule has 2 atom stereocenters. The molecule has 2 unspecified atom stereocenters. The number of ether oxygens (including phenoxy) is 1. The van der Waals surface area contributed by atoms with E-state index < -0.39 is 0 Å². The van der Waals surface area contributed by atoms with Crippen molar-refractivity contribution in [2.75, 3.05) is 26.5 Å². The number of methoxy groups -OCH3 is 1. The SMILES string of the molecule is CNC1CCC(SCCCOC)C1. The van der Waals surface area contributed by atoms with E-state index in [0.717, 1.165) is 17.9 Å². The Kier molecular flexibility index (Phi) is 5.83. The van der Waals surface area contributed by atoms with Crippen LogP contribution in [0.25, 0.3) is 0 Å². The molecule has 1 rings (SSSR count). The van der Waals surface area contributed by atoms with Crippen LogP contribution in [0.3, 0.4) is 0 Å². The summed E-state index contributed by atoms with van der Waals surface area (Å²) in [5.41, 5.74) is 0. The molecule has 0 radical (unpaired) electrons. The van der Waals surface area contributed by atoms with Crippen molar-refractivity contribution < 1.29 is 4.74 Å². The second kappa shape index (κ2) is 6.68. The molecule has 0 aromatic carbocycles. The molecule has 2 nitrogen and oxygen atoms in total. The van der Waals surface area contributed by atoms with Gasteiger partial charge in [0.1, 0.15) is 0 Å². The normalized spacial score (nSPS) is 28.2. The molecule has 0 spiro atoms. The van der Waals surface area contributed by atoms with Gasteiger partial charge in [-0.25, -0.2) is 0 Å². The number of thioether (sulfide) groups is 1. The van der Waals surface area contributed by atoms with Crippen LogP contribution in [0.15, 0.2) is 0 Å². The van der Waals surface area contributed by atoms with Gasteiger partial charge in [-0.3, -0.25) is 0 Å². The van der Waals surface area contributed by atoms with Crippen LogP contribution in [0, 0.1) is 0 Å². The summed E-state index contributed by atoms with van der Waals surface area (Å²) in [6.07, 6.45) is 5.30. The summed E-state index contributed by atoms with van der Waals surface area (Å²) >= 11 is 2.12. The molecule has 78 valence electrons. The highest BCUT2D eigenvalue weighted by atomic mass is 32.2. The topological polar surface area (TPSA) is 21.3 Å². The Hall–Kier alpha value is 0.270. The summed E-state index contributed by atoms with van der Waals surface area (Å²) in [5.74, 6) is 1.26. The summed E-state index contributed by atoms with van der Waals surface area (Å²) < 4.78 is 5.02. The zero-order valence-electron chi connectivity index (χ0n) is 8.71. The predicted octanol–water partition coefficient (Wildman–Crippen LogP) is 1.90. The molecule has 1 fully saturated rings. The van der Waals surface area contributed by atoms with E-state index >= 15 is 0 Å². The van der Waals surface area contributed by atoms with Crippen molar-refractivity contribution in [1.82, 2.24) is 5.32 Å². The third-order valence-corrected chi connectivity index (χ3v) is 4.06. The van der Waals surface area contributed by atoms with Crippen molar-refractivity contribution in [3.8, 4) is 0 Å². The Morgan fingerprint density at radius 3 is 2.92 bits per heavy atom. The highest BCUT2D eigenvalue weighted by Gasteiger charge is 2.22. The van der Waals surface area contributed by atoms with E-state index in [0.29, 0.717) is 0 Å². The van der Waals surface area contributed by atoms with Crippen LogP contribution in [0.1, 0.15) is 25.7 Å². The molecule has 0 saturated heterocycles. The summed E-state index contributed by atoms with van der Waals surface area (Å²) in [6, 6.07) is 0.778. The molecule has 1 aliphatic rings. The third kappa shape index (κ3) is 4.34. The van der Waals surface area contributed by atoms with Crippen LogP contribution in [-0.2, 0) is 4.74 Å². The molecule has 0 amide bonds. The van der Waals surface area contributed by atoms with E-state index in [4.69, 9.17) is 4.74 Å². The van der Waals surface area contributed by atoms with Crippen LogP contribution in [-0.4, -0.2) is 37.8 Å². The van der Waals surface area contributed by atoms with Crippen molar-refractivity contribution in [1.29, 1.82) is 0 Å². The quantitative estimate of drug-likeness (QED) is 0.666. The van der Waals surface area contributed by atoms with Crippen LogP contribution in [0.5, 0.6) is 0 Å². The van der Waals surface area contributed by atoms with E-state index in [1.165, 1.54) is 31.4 Å². The maximum absolute atomic E-state index is 5.02. The minimum absolute atomic E-state index is 0.778. The molecule has 0 aliphatic heterocycles. The first kappa shape index (κ1) is 11.3. The average Bonchev–Trinajstić information content (AvgIpc) is 2.60. The monoisotopic (exact) mass is 203 g/mol. The van der Waals surface area contributed by atoms with Gasteiger partial charge in [-0.05, 0) is 38.5 Å². The molecule has 0 bridgehead atoms. The largest absolute Gasteiger partial charge is 0.385 e. The Balaban J connectivity index is 1.97. The Labute approximate surface area is 85.8 Å². The molecule has 0 aromatic heterocycles. The van der Waals surface area contributed by atoms with E-state index in [-0.39, 0.29) is 0 Å². The van der Waals surface area contributed by atoms with Crippen LogP contribution >= 0.6 is 11.8 Å². The molecule has 1 N–H and O–H groups in total. The predicted molar refractivity (Wildman–Crippen MR) is 59.4 cm³/mol. The van der Waals surface area contributed by atoms with Gasteiger partial charge in [0.25, 0.3) is 0 Å². The lowest BCUT2D eigenvalue weighted by atomic mass is 10.3. The van der Waals surface area contributed by atoms with Crippen LogP contribution in [0.2, 0.25) is 0 Å². The molecule has 0 aromatic rings. The van der Waals surface area contributed by atoms with Gasteiger partial charge >= 0.3 is 0 Å². The van der Waals surface area contributed by atoms with Gasteiger partial charge in [0.2, 0.25) is 0 Å². The molecule has 1 aliphatic carbocycles. The Morgan fingerprint density at radius 1 is 1.46 bits per heavy atom. The number of rotatable bonds is 6. The minimum Gasteiger partial charge on any atom is -0.385 e. The first-order valence-electron chi connectivity index (χ1n) is 5.14. The number of hydrogen-bond donors (Lipinski definition) is 1. The Morgan fingerprint density at radius 2 is 2.31 bits per heavy atom. The maximum atomic E-state index is 5.02. The van der Waals surface area contributed by atoms with Crippen molar-refractivity contribution in [2.24, 2.45) is 0 Å². The zero-order chi connectivity index (χ0) is 9.52. The van der Waals surface area contributed by atoms with Gasteiger partial charge in [-0.2, -0.15) is 11.8 Å². The molecule has 1 saturated carbocycles. The zero-order valence-corrected chi connectivity index (χ0v) is 9.53. The van der Waals surface area contributed by atoms with Crippen LogP contribution < -0.4 is 5.32 Å². The van der Waals surface area contributed by atoms with Gasteiger partial charge in [0.05, 0.1) is 0 Å². The highest BCUT2D eigenvalue weighted by molar-refractivity contribution is 7.99. The Bertz CT molecular complexity index is 132. The number of nitrogens with one attached hydrogen (secondary N) is 1. The van der Waals surface area contributed by atoms with E-state index in [1.54, 1.807) is 7.11 Å². The molecular weight excluding hydrogens is 182 g/mol. The summed E-state index contributed by atoms with van der Waals surface area (Å²) in [7, 11) is 3.85. The lowest BCUT2D eigenvalue weighted by Crippen LogP contribution is -2.21. The van der Waals surface area contributed by atoms with E-state index in [2.05, 4.69) is 24.1 Å². The third-order valence-electron chi connectivity index (χ3n) is 2.64. The first-order valence-corrected chi connectivity index (χ1v) is 6.19. The lowest BCUT2D eigenvalue weighted by Gasteiger charge is -2.09. The van der Waals surface area contributed by atoms with Gasteiger partial charge < -0.3 is 10.1 Å². The molecule has 13 heavy (non-hydrogen) atoms. The second-order valence-electron chi connectivity index (χ2n) is 3.64. The van der Waals surface area contributed by atoms with Gasteiger partial charge in [-0.1, -0.05) is 0 Å². The number of hydrogen-bond acceptors (Lipinski definition) is 3. The van der Waals surface area contributed by atoms with Crippen molar-refractivity contribution >= 4 is 11.8 Å². The van der Waals surface area contributed by atoms with E-state index in [1.807, 2.05) is 0 Å². The smallest absolute Gasteiger partial charge is 0.0470 e. The molecule has 3 heteroatoms. The fourth-order valence-corrected chi connectivity index (χ4v) is 3.10. The highest BCUT2D eigenvalue weighted by Crippen LogP contribution is 2.29. The summed E-state index contributed by atoms with van der Waals surface area (Å²) in [6.45, 7) is 0.912.